The van der Waals surface area contributed by atoms with Crippen LogP contribution < -0.4 is 0 Å². The number of hydrogen-bond donors (Lipinski definition) is 2. The van der Waals surface area contributed by atoms with E-state index in [0.717, 1.165) is 0 Å². The maximum atomic E-state index is 9.61. The van der Waals surface area contributed by atoms with Crippen LogP contribution in [0.3, 0.4) is 0 Å². The second kappa shape index (κ2) is 4.24. The monoisotopic (exact) mass is 174 g/mol. The third-order valence-electron chi connectivity index (χ3n) is 2.57. The van der Waals surface area contributed by atoms with Crippen LogP contribution in [-0.2, 0) is 0 Å². The first-order valence-corrected chi connectivity index (χ1v) is 4.65. The quantitative estimate of drug-likeness (QED) is 0.682. The molecule has 0 saturated carbocycles. The maximum Gasteiger partial charge on any atom is 0.0618 e. The van der Waals surface area contributed by atoms with Crippen molar-refractivity contribution >= 4 is 0 Å². The molecule has 0 saturated heterocycles. The van der Waals surface area contributed by atoms with Crippen molar-refractivity contribution in [2.24, 2.45) is 11.8 Å². The molecule has 0 bridgehead atoms. The largest absolute Gasteiger partial charge is 0.393 e. The molecular weight excluding hydrogens is 152 g/mol. The molecule has 0 fully saturated rings. The van der Waals surface area contributed by atoms with Gasteiger partial charge < -0.3 is 10.2 Å². The molecule has 0 heterocycles. The summed E-state index contributed by atoms with van der Waals surface area (Å²) in [6.45, 7) is 9.50. The zero-order valence-corrected chi connectivity index (χ0v) is 8.83. The van der Waals surface area contributed by atoms with Crippen molar-refractivity contribution in [1.29, 1.82) is 0 Å². The van der Waals surface area contributed by atoms with E-state index in [-0.39, 0.29) is 17.9 Å². The third-order valence-corrected chi connectivity index (χ3v) is 2.57. The molecule has 2 heteroatoms. The van der Waals surface area contributed by atoms with Gasteiger partial charge in [-0.15, -0.1) is 0 Å². The van der Waals surface area contributed by atoms with Crippen LogP contribution in [0.25, 0.3) is 0 Å². The van der Waals surface area contributed by atoms with E-state index in [1.165, 1.54) is 0 Å². The molecule has 2 nitrogen and oxygen atoms in total. The van der Waals surface area contributed by atoms with Gasteiger partial charge in [-0.25, -0.2) is 0 Å². The number of aliphatic hydroxyl groups excluding tert-OH is 1. The molecule has 0 aromatic carbocycles. The summed E-state index contributed by atoms with van der Waals surface area (Å²) in [6, 6.07) is 0. The minimum atomic E-state index is -0.685. The molecule has 0 rings (SSSR count). The number of hydrogen-bond acceptors (Lipinski definition) is 2. The van der Waals surface area contributed by atoms with Crippen LogP contribution in [-0.4, -0.2) is 21.9 Å². The molecule has 0 aliphatic rings. The Morgan fingerprint density at radius 1 is 1.17 bits per heavy atom. The lowest BCUT2D eigenvalue weighted by molar-refractivity contribution is -0.00764. The van der Waals surface area contributed by atoms with Gasteiger partial charge in [-0.3, -0.25) is 0 Å². The molecule has 0 aliphatic heterocycles. The van der Waals surface area contributed by atoms with Gasteiger partial charge in [0.05, 0.1) is 11.7 Å². The molecular formula is C10H22O2. The Kier molecular flexibility index (Phi) is 4.21. The van der Waals surface area contributed by atoms with Crippen LogP contribution in [0.15, 0.2) is 0 Å². The first-order valence-electron chi connectivity index (χ1n) is 4.65. The molecule has 0 aromatic rings. The molecule has 0 spiro atoms. The van der Waals surface area contributed by atoms with Crippen LogP contribution >= 0.6 is 0 Å². The van der Waals surface area contributed by atoms with Crippen molar-refractivity contribution in [3.05, 3.63) is 0 Å². The van der Waals surface area contributed by atoms with Gasteiger partial charge in [-0.2, -0.15) is 0 Å². The maximum absolute atomic E-state index is 9.61. The lowest BCUT2D eigenvalue weighted by Gasteiger charge is -2.28. The van der Waals surface area contributed by atoms with Crippen LogP contribution in [0.4, 0.5) is 0 Å². The second-order valence-corrected chi connectivity index (χ2v) is 4.60. The summed E-state index contributed by atoms with van der Waals surface area (Å²) in [5, 5.41) is 19.2. The van der Waals surface area contributed by atoms with Crippen molar-refractivity contribution in [1.82, 2.24) is 0 Å². The van der Waals surface area contributed by atoms with E-state index in [9.17, 15) is 10.2 Å². The summed E-state index contributed by atoms with van der Waals surface area (Å²) in [6.07, 6.45) is 0.368. The summed E-state index contributed by atoms with van der Waals surface area (Å²) >= 11 is 0. The minimum Gasteiger partial charge on any atom is -0.393 e. The van der Waals surface area contributed by atoms with Crippen molar-refractivity contribution in [3.63, 3.8) is 0 Å². The average Bonchev–Trinajstić information content (AvgIpc) is 1.85. The van der Waals surface area contributed by atoms with Crippen molar-refractivity contribution in [2.45, 2.75) is 52.7 Å². The highest BCUT2D eigenvalue weighted by Crippen LogP contribution is 2.23. The van der Waals surface area contributed by atoms with E-state index in [0.29, 0.717) is 6.42 Å². The Morgan fingerprint density at radius 3 is 1.83 bits per heavy atom. The molecule has 0 aromatic heterocycles. The van der Waals surface area contributed by atoms with E-state index < -0.39 is 5.60 Å². The lowest BCUT2D eigenvalue weighted by atomic mass is 9.85. The van der Waals surface area contributed by atoms with E-state index in [4.69, 9.17) is 0 Å². The van der Waals surface area contributed by atoms with Crippen molar-refractivity contribution in [3.8, 4) is 0 Å². The first kappa shape index (κ1) is 11.9. The van der Waals surface area contributed by atoms with Gasteiger partial charge in [0.15, 0.2) is 0 Å². The first-order chi connectivity index (χ1) is 5.25. The Morgan fingerprint density at radius 2 is 1.58 bits per heavy atom. The van der Waals surface area contributed by atoms with Crippen LogP contribution in [0, 0.1) is 11.8 Å². The summed E-state index contributed by atoms with van der Waals surface area (Å²) in [4.78, 5) is 0. The lowest BCUT2D eigenvalue weighted by Crippen LogP contribution is -2.32. The molecule has 0 radical (unpaired) electrons. The fourth-order valence-electron chi connectivity index (χ4n) is 0.923. The predicted octanol–water partition coefficient (Wildman–Crippen LogP) is 1.80. The highest BCUT2D eigenvalue weighted by Gasteiger charge is 2.25. The summed E-state index contributed by atoms with van der Waals surface area (Å²) in [5.74, 6) is 0.407. The van der Waals surface area contributed by atoms with Gasteiger partial charge in [0.25, 0.3) is 0 Å². The van der Waals surface area contributed by atoms with Gasteiger partial charge in [0, 0.05) is 0 Å². The summed E-state index contributed by atoms with van der Waals surface area (Å²) < 4.78 is 0. The Bertz CT molecular complexity index is 124. The van der Waals surface area contributed by atoms with Gasteiger partial charge in [-0.1, -0.05) is 20.8 Å². The minimum absolute atomic E-state index is 0.134. The molecule has 0 amide bonds. The Labute approximate surface area is 75.6 Å². The van der Waals surface area contributed by atoms with E-state index >= 15 is 0 Å². The fraction of sp³-hybridized carbons (Fsp3) is 1.00. The molecule has 0 unspecified atom stereocenters. The Hall–Kier alpha value is -0.0800. The fourth-order valence-corrected chi connectivity index (χ4v) is 0.923. The molecule has 12 heavy (non-hydrogen) atoms. The highest BCUT2D eigenvalue weighted by atomic mass is 16.3. The van der Waals surface area contributed by atoms with Crippen molar-refractivity contribution < 1.29 is 10.2 Å². The zero-order chi connectivity index (χ0) is 9.94. The van der Waals surface area contributed by atoms with Gasteiger partial charge in [0.1, 0.15) is 0 Å². The van der Waals surface area contributed by atoms with Crippen LogP contribution in [0.1, 0.15) is 41.0 Å². The third kappa shape index (κ3) is 4.07. The molecule has 74 valence electrons. The average molecular weight is 174 g/mol. The topological polar surface area (TPSA) is 40.5 Å². The van der Waals surface area contributed by atoms with Crippen LogP contribution in [0.2, 0.25) is 0 Å². The predicted molar refractivity (Wildman–Crippen MR) is 50.9 cm³/mol. The van der Waals surface area contributed by atoms with E-state index in [2.05, 4.69) is 0 Å². The number of aliphatic hydroxyl groups is 2. The highest BCUT2D eigenvalue weighted by molar-refractivity contribution is 4.76. The molecule has 2 atom stereocenters. The standard InChI is InChI=1S/C10H22O2/c1-7(2)9(11)6-8(3)10(4,5)12/h7-9,11-12H,6H2,1-5H3/t8-,9+/m0/s1. The molecule has 2 N–H and O–H groups in total. The van der Waals surface area contributed by atoms with E-state index in [1.807, 2.05) is 20.8 Å². The summed E-state index contributed by atoms with van der Waals surface area (Å²) in [7, 11) is 0. The van der Waals surface area contributed by atoms with E-state index in [1.54, 1.807) is 13.8 Å². The SMILES string of the molecule is CC(C)[C@H](O)C[C@H](C)C(C)(C)O. The van der Waals surface area contributed by atoms with Crippen LogP contribution in [0.5, 0.6) is 0 Å². The van der Waals surface area contributed by atoms with Crippen molar-refractivity contribution in [2.75, 3.05) is 0 Å². The smallest absolute Gasteiger partial charge is 0.0618 e. The number of rotatable bonds is 4. The Balaban J connectivity index is 3.93. The summed E-state index contributed by atoms with van der Waals surface area (Å²) in [5.41, 5.74) is -0.685. The van der Waals surface area contributed by atoms with Gasteiger partial charge >= 0.3 is 0 Å². The second-order valence-electron chi connectivity index (χ2n) is 4.60. The normalized spacial score (nSPS) is 18.0. The van der Waals surface area contributed by atoms with Gasteiger partial charge in [-0.05, 0) is 32.1 Å². The zero-order valence-electron chi connectivity index (χ0n) is 8.83. The van der Waals surface area contributed by atoms with Gasteiger partial charge in [0.2, 0.25) is 0 Å². The molecule has 0 aliphatic carbocycles.